The van der Waals surface area contributed by atoms with Crippen LogP contribution in [-0.2, 0) is 9.59 Å². The van der Waals surface area contributed by atoms with Crippen molar-refractivity contribution in [2.45, 2.75) is 17.0 Å². The minimum Gasteiger partial charge on any atom is -0.386 e. The molecule has 20 heavy (non-hydrogen) atoms. The molecule has 0 unspecified atom stereocenters. The molecular weight excluding hydrogens is 311 g/mol. The first-order chi connectivity index (χ1) is 9.36. The number of non-ortho nitro benzene ring substituents is 1. The van der Waals surface area contributed by atoms with E-state index in [4.69, 9.17) is 23.2 Å². The zero-order valence-corrected chi connectivity index (χ0v) is 11.4. The summed E-state index contributed by atoms with van der Waals surface area (Å²) in [6.45, 7) is 0. The molecule has 9 heteroatoms. The fourth-order valence-electron chi connectivity index (χ4n) is 1.42. The number of hydrogen-bond donors (Lipinski definition) is 2. The molecular formula is C11H10Cl2N2O5. The molecule has 108 valence electrons. The number of carbonyl (C=O) groups is 2. The van der Waals surface area contributed by atoms with Crippen molar-refractivity contribution in [2.75, 3.05) is 0 Å². The van der Waals surface area contributed by atoms with Crippen molar-refractivity contribution in [3.05, 3.63) is 39.9 Å². The average Bonchev–Trinajstić information content (AvgIpc) is 2.43. The molecule has 0 aliphatic heterocycles. The minimum atomic E-state index is -1.37. The number of nitro groups is 1. The lowest BCUT2D eigenvalue weighted by Crippen LogP contribution is -2.42. The van der Waals surface area contributed by atoms with Gasteiger partial charge in [-0.15, -0.1) is 0 Å². The molecule has 2 atom stereocenters. The lowest BCUT2D eigenvalue weighted by Gasteiger charge is -2.19. The van der Waals surface area contributed by atoms with Gasteiger partial charge in [0, 0.05) is 12.1 Å². The van der Waals surface area contributed by atoms with Crippen molar-refractivity contribution in [2.24, 2.45) is 0 Å². The number of alkyl halides is 2. The number of rotatable bonds is 6. The molecule has 0 saturated heterocycles. The summed E-state index contributed by atoms with van der Waals surface area (Å²) in [5, 5.41) is 22.6. The van der Waals surface area contributed by atoms with Crippen molar-refractivity contribution in [1.29, 1.82) is 0 Å². The molecule has 1 aromatic carbocycles. The Balaban J connectivity index is 2.85. The zero-order valence-electron chi connectivity index (χ0n) is 9.90. The summed E-state index contributed by atoms with van der Waals surface area (Å²) in [5.41, 5.74) is 0.0721. The van der Waals surface area contributed by atoms with E-state index in [1.54, 1.807) is 0 Å². The van der Waals surface area contributed by atoms with Crippen LogP contribution in [0, 0.1) is 10.1 Å². The molecule has 0 aliphatic carbocycles. The zero-order chi connectivity index (χ0) is 15.3. The normalized spacial score (nSPS) is 13.6. The second kappa shape index (κ2) is 7.18. The van der Waals surface area contributed by atoms with Crippen LogP contribution in [0.15, 0.2) is 24.3 Å². The SMILES string of the molecule is O=C[C@@H](NC(=O)C(Cl)Cl)[C@H](O)c1ccc([N+](=O)[O-])cc1. The van der Waals surface area contributed by atoms with Gasteiger partial charge in [-0.2, -0.15) is 0 Å². The number of nitrogens with zero attached hydrogens (tertiary/aromatic N) is 1. The molecule has 0 fully saturated rings. The van der Waals surface area contributed by atoms with Crippen LogP contribution in [0.2, 0.25) is 0 Å². The highest BCUT2D eigenvalue weighted by Crippen LogP contribution is 2.20. The second-order valence-corrected chi connectivity index (χ2v) is 4.86. The van der Waals surface area contributed by atoms with Crippen molar-refractivity contribution < 1.29 is 19.6 Å². The molecule has 7 nitrogen and oxygen atoms in total. The summed E-state index contributed by atoms with van der Waals surface area (Å²) < 4.78 is 0. The first-order valence-corrected chi connectivity index (χ1v) is 6.20. The van der Waals surface area contributed by atoms with E-state index in [1.165, 1.54) is 24.3 Å². The highest BCUT2D eigenvalue weighted by molar-refractivity contribution is 6.53. The minimum absolute atomic E-state index is 0.158. The van der Waals surface area contributed by atoms with Crippen LogP contribution in [0.1, 0.15) is 11.7 Å². The molecule has 0 saturated carbocycles. The van der Waals surface area contributed by atoms with Gasteiger partial charge in [-0.1, -0.05) is 23.2 Å². The van der Waals surface area contributed by atoms with Crippen molar-refractivity contribution >= 4 is 41.1 Å². The molecule has 0 aromatic heterocycles. The van der Waals surface area contributed by atoms with Crippen LogP contribution in [-0.4, -0.2) is 33.1 Å². The number of aldehydes is 1. The van der Waals surface area contributed by atoms with E-state index in [2.05, 4.69) is 5.32 Å². The van der Waals surface area contributed by atoms with Crippen LogP contribution in [0.25, 0.3) is 0 Å². The third-order valence-electron chi connectivity index (χ3n) is 2.44. The standard InChI is InChI=1S/C11H10Cl2N2O5/c12-10(13)11(18)14-8(5-16)9(17)6-1-3-7(4-2-6)15(19)20/h1-5,8-10,17H,(H,14,18)/t8-,9-/m1/s1. The predicted molar refractivity (Wildman–Crippen MR) is 71.5 cm³/mol. The van der Waals surface area contributed by atoms with Gasteiger partial charge in [-0.05, 0) is 17.7 Å². The Morgan fingerprint density at radius 2 is 1.90 bits per heavy atom. The molecule has 0 spiro atoms. The fourth-order valence-corrected chi connectivity index (χ4v) is 1.54. The Morgan fingerprint density at radius 3 is 2.30 bits per heavy atom. The molecule has 1 rings (SSSR count). The third kappa shape index (κ3) is 4.16. The number of hydrogen-bond acceptors (Lipinski definition) is 5. The van der Waals surface area contributed by atoms with Crippen LogP contribution < -0.4 is 5.32 Å². The maximum absolute atomic E-state index is 11.3. The smallest absolute Gasteiger partial charge is 0.269 e. The molecule has 0 radical (unpaired) electrons. The van der Waals surface area contributed by atoms with Gasteiger partial charge in [-0.3, -0.25) is 14.9 Å². The second-order valence-electron chi connectivity index (χ2n) is 3.76. The number of nitrogens with one attached hydrogen (secondary N) is 1. The first kappa shape index (κ1) is 16.4. The lowest BCUT2D eigenvalue weighted by molar-refractivity contribution is -0.384. The summed E-state index contributed by atoms with van der Waals surface area (Å²) in [4.78, 5) is 30.7. The number of aliphatic hydroxyl groups is 1. The maximum atomic E-state index is 11.3. The van der Waals surface area contributed by atoms with Crippen molar-refractivity contribution in [3.8, 4) is 0 Å². The van der Waals surface area contributed by atoms with E-state index in [1.807, 2.05) is 0 Å². The van der Waals surface area contributed by atoms with E-state index in [0.29, 0.717) is 6.29 Å². The van der Waals surface area contributed by atoms with Crippen molar-refractivity contribution in [1.82, 2.24) is 5.32 Å². The molecule has 0 heterocycles. The third-order valence-corrected chi connectivity index (χ3v) is 2.84. The van der Waals surface area contributed by atoms with Gasteiger partial charge >= 0.3 is 0 Å². The van der Waals surface area contributed by atoms with Crippen molar-refractivity contribution in [3.63, 3.8) is 0 Å². The summed E-state index contributed by atoms with van der Waals surface area (Å²) in [5.74, 6) is -0.827. The summed E-state index contributed by atoms with van der Waals surface area (Å²) in [7, 11) is 0. The van der Waals surface area contributed by atoms with Gasteiger partial charge in [0.2, 0.25) is 0 Å². The summed E-state index contributed by atoms with van der Waals surface area (Å²) in [6.07, 6.45) is -1.05. The van der Waals surface area contributed by atoms with Gasteiger partial charge < -0.3 is 15.2 Å². The van der Waals surface area contributed by atoms with E-state index in [9.17, 15) is 24.8 Å². The highest BCUT2D eigenvalue weighted by atomic mass is 35.5. The molecule has 2 N–H and O–H groups in total. The highest BCUT2D eigenvalue weighted by Gasteiger charge is 2.25. The van der Waals surface area contributed by atoms with Crippen LogP contribution >= 0.6 is 23.2 Å². The summed E-state index contributed by atoms with van der Waals surface area (Å²) in [6, 6.07) is 3.65. The van der Waals surface area contributed by atoms with E-state index in [0.717, 1.165) is 0 Å². The Kier molecular flexibility index (Phi) is 5.87. The van der Waals surface area contributed by atoms with Gasteiger partial charge in [0.1, 0.15) is 18.4 Å². The van der Waals surface area contributed by atoms with Gasteiger partial charge in [0.05, 0.1) is 4.92 Å². The monoisotopic (exact) mass is 320 g/mol. The molecule has 1 amide bonds. The van der Waals surface area contributed by atoms with Gasteiger partial charge in [-0.25, -0.2) is 0 Å². The number of nitro benzene ring substituents is 1. The molecule has 0 aliphatic rings. The van der Waals surface area contributed by atoms with E-state index < -0.39 is 27.8 Å². The van der Waals surface area contributed by atoms with E-state index in [-0.39, 0.29) is 11.3 Å². The number of amides is 1. The Labute approximate surface area is 123 Å². The number of benzene rings is 1. The topological polar surface area (TPSA) is 110 Å². The average molecular weight is 321 g/mol. The Morgan fingerprint density at radius 1 is 1.35 bits per heavy atom. The fraction of sp³-hybridized carbons (Fsp3) is 0.273. The first-order valence-electron chi connectivity index (χ1n) is 5.33. The molecule has 1 aromatic rings. The van der Waals surface area contributed by atoms with Crippen LogP contribution in [0.3, 0.4) is 0 Å². The number of carbonyl (C=O) groups excluding carboxylic acids is 2. The largest absolute Gasteiger partial charge is 0.386 e. The Bertz CT molecular complexity index is 506. The van der Waals surface area contributed by atoms with Gasteiger partial charge in [0.25, 0.3) is 11.6 Å². The maximum Gasteiger partial charge on any atom is 0.269 e. The van der Waals surface area contributed by atoms with Crippen LogP contribution in [0.5, 0.6) is 0 Å². The number of halogens is 2. The summed E-state index contributed by atoms with van der Waals surface area (Å²) >= 11 is 10.6. The Hall–Kier alpha value is -1.70. The van der Waals surface area contributed by atoms with Crippen LogP contribution in [0.4, 0.5) is 5.69 Å². The van der Waals surface area contributed by atoms with E-state index >= 15 is 0 Å². The lowest BCUT2D eigenvalue weighted by atomic mass is 10.0. The van der Waals surface area contributed by atoms with Gasteiger partial charge in [0.15, 0.2) is 4.84 Å². The molecule has 0 bridgehead atoms. The predicted octanol–water partition coefficient (Wildman–Crippen LogP) is 1.12. The number of aliphatic hydroxyl groups excluding tert-OH is 1. The quantitative estimate of drug-likeness (QED) is 0.353.